The number of halogens is 3. The number of nitrogens with one attached hydrogen (secondary N) is 1. The van der Waals surface area contributed by atoms with E-state index in [0.717, 1.165) is 80.4 Å². The van der Waals surface area contributed by atoms with E-state index in [1.54, 1.807) is 12.1 Å². The number of likely N-dealkylation sites (N-methyl/N-ethyl adjacent to an activating group) is 1. The average molecular weight is 573 g/mol. The van der Waals surface area contributed by atoms with Gasteiger partial charge in [0.2, 0.25) is 5.95 Å². The Bertz CT molecular complexity index is 1310. The van der Waals surface area contributed by atoms with Crippen molar-refractivity contribution >= 4 is 40.8 Å². The third-order valence-corrected chi connectivity index (χ3v) is 8.31. The predicted octanol–water partition coefficient (Wildman–Crippen LogP) is 5.84. The molecular formula is C29H36Cl2FN7. The highest BCUT2D eigenvalue weighted by molar-refractivity contribution is 6.33. The van der Waals surface area contributed by atoms with Gasteiger partial charge in [0.05, 0.1) is 15.7 Å². The molecule has 0 aliphatic carbocycles. The summed E-state index contributed by atoms with van der Waals surface area (Å²) in [5.74, 6) is 1.96. The monoisotopic (exact) mass is 571 g/mol. The molecule has 1 aromatic carbocycles. The van der Waals surface area contributed by atoms with E-state index < -0.39 is 5.82 Å². The van der Waals surface area contributed by atoms with E-state index in [-0.39, 0.29) is 11.1 Å². The first kappa shape index (κ1) is 27.9. The number of hydrogen-bond donors (Lipinski definition) is 1. The highest BCUT2D eigenvalue weighted by Gasteiger charge is 2.29. The fraction of sp³-hybridized carbons (Fsp3) is 0.483. The molecule has 2 fully saturated rings. The molecule has 0 spiro atoms. The van der Waals surface area contributed by atoms with Crippen molar-refractivity contribution in [3.05, 3.63) is 58.0 Å². The average Bonchev–Trinajstić information content (AvgIpc) is 2.93. The molecule has 2 unspecified atom stereocenters. The summed E-state index contributed by atoms with van der Waals surface area (Å²) in [4.78, 5) is 21.6. The molecule has 2 aliphatic rings. The molecule has 1 N–H and O–H groups in total. The van der Waals surface area contributed by atoms with Gasteiger partial charge in [-0.25, -0.2) is 14.4 Å². The molecule has 3 aromatic rings. The maximum Gasteiger partial charge on any atom is 0.228 e. The minimum atomic E-state index is -0.438. The highest BCUT2D eigenvalue weighted by Crippen LogP contribution is 2.33. The summed E-state index contributed by atoms with van der Waals surface area (Å²) in [6.07, 6.45) is 6.26. The van der Waals surface area contributed by atoms with Crippen molar-refractivity contribution in [3.63, 3.8) is 0 Å². The zero-order valence-electron chi connectivity index (χ0n) is 22.8. The van der Waals surface area contributed by atoms with Crippen molar-refractivity contribution in [2.75, 3.05) is 54.5 Å². The van der Waals surface area contributed by atoms with Gasteiger partial charge in [0.1, 0.15) is 17.5 Å². The standard InChI is InChI=1S/C29H36Cl2FN7/c1-19-6-4-5-11-39(19)29-35-26(22-7-8-25(32)23(30)15-22)16-27(36-29)38-13-12-37(18-20(38)2)28-24(31)14-21(17-34-28)9-10-33-3/h7-8,14-17,19-20,33H,4-6,9-13,18H2,1-3H3. The molecule has 39 heavy (non-hydrogen) atoms. The van der Waals surface area contributed by atoms with Gasteiger partial charge in [0, 0.05) is 56.1 Å². The number of aromatic nitrogens is 3. The van der Waals surface area contributed by atoms with Crippen molar-refractivity contribution in [2.45, 2.75) is 51.6 Å². The number of rotatable bonds is 7. The van der Waals surface area contributed by atoms with Crippen molar-refractivity contribution in [1.29, 1.82) is 0 Å². The Kier molecular flexibility index (Phi) is 8.74. The number of benzene rings is 1. The Balaban J connectivity index is 1.42. The Morgan fingerprint density at radius 3 is 2.54 bits per heavy atom. The van der Waals surface area contributed by atoms with Crippen LogP contribution in [-0.4, -0.2) is 66.8 Å². The molecule has 0 radical (unpaired) electrons. The van der Waals surface area contributed by atoms with Crippen LogP contribution in [-0.2, 0) is 6.42 Å². The first-order valence-electron chi connectivity index (χ1n) is 13.8. The second-order valence-corrected chi connectivity index (χ2v) is 11.4. The number of nitrogens with zero attached hydrogens (tertiary/aromatic N) is 6. The second kappa shape index (κ2) is 12.2. The maximum absolute atomic E-state index is 13.9. The lowest BCUT2D eigenvalue weighted by Gasteiger charge is -2.42. The van der Waals surface area contributed by atoms with E-state index in [0.29, 0.717) is 17.0 Å². The van der Waals surface area contributed by atoms with Gasteiger partial charge in [0.15, 0.2) is 0 Å². The Morgan fingerprint density at radius 1 is 0.974 bits per heavy atom. The molecule has 10 heteroatoms. The van der Waals surface area contributed by atoms with Gasteiger partial charge in [-0.3, -0.25) is 0 Å². The smallest absolute Gasteiger partial charge is 0.228 e. The summed E-state index contributed by atoms with van der Waals surface area (Å²) in [5, 5.41) is 3.93. The van der Waals surface area contributed by atoms with Crippen LogP contribution in [0.1, 0.15) is 38.7 Å². The van der Waals surface area contributed by atoms with E-state index in [9.17, 15) is 4.39 Å². The van der Waals surface area contributed by atoms with E-state index in [2.05, 4.69) is 33.9 Å². The van der Waals surface area contributed by atoms with E-state index in [1.807, 2.05) is 25.4 Å². The van der Waals surface area contributed by atoms with Gasteiger partial charge in [-0.15, -0.1) is 0 Å². The van der Waals surface area contributed by atoms with E-state index in [1.165, 1.54) is 12.5 Å². The lowest BCUT2D eigenvalue weighted by Crippen LogP contribution is -2.53. The normalized spacial score (nSPS) is 20.0. The fourth-order valence-corrected chi connectivity index (χ4v) is 5.98. The van der Waals surface area contributed by atoms with Crippen LogP contribution >= 0.6 is 23.2 Å². The van der Waals surface area contributed by atoms with Crippen LogP contribution < -0.4 is 20.0 Å². The summed E-state index contributed by atoms with van der Waals surface area (Å²) >= 11 is 12.8. The fourth-order valence-electron chi connectivity index (χ4n) is 5.50. The van der Waals surface area contributed by atoms with Crippen LogP contribution in [0, 0.1) is 5.82 Å². The predicted molar refractivity (Wildman–Crippen MR) is 159 cm³/mol. The summed E-state index contributed by atoms with van der Waals surface area (Å²) < 4.78 is 13.9. The first-order chi connectivity index (χ1) is 18.8. The van der Waals surface area contributed by atoms with Crippen LogP contribution in [0.5, 0.6) is 0 Å². The van der Waals surface area contributed by atoms with Gasteiger partial charge in [0.25, 0.3) is 0 Å². The molecule has 0 amide bonds. The largest absolute Gasteiger partial charge is 0.352 e. The molecule has 0 bridgehead atoms. The zero-order chi connectivity index (χ0) is 27.5. The molecule has 2 aromatic heterocycles. The van der Waals surface area contributed by atoms with Gasteiger partial charge in [-0.1, -0.05) is 23.2 Å². The van der Waals surface area contributed by atoms with Gasteiger partial charge in [-0.2, -0.15) is 4.98 Å². The molecule has 2 atom stereocenters. The minimum absolute atomic E-state index is 0.0869. The summed E-state index contributed by atoms with van der Waals surface area (Å²) in [7, 11) is 1.94. The third kappa shape index (κ3) is 6.23. The van der Waals surface area contributed by atoms with Crippen LogP contribution in [0.4, 0.5) is 22.0 Å². The van der Waals surface area contributed by atoms with Gasteiger partial charge >= 0.3 is 0 Å². The summed E-state index contributed by atoms with van der Waals surface area (Å²) in [6, 6.07) is 9.30. The molecular weight excluding hydrogens is 536 g/mol. The van der Waals surface area contributed by atoms with Crippen LogP contribution in [0.15, 0.2) is 36.5 Å². The van der Waals surface area contributed by atoms with Crippen LogP contribution in [0.2, 0.25) is 10.0 Å². The topological polar surface area (TPSA) is 60.4 Å². The second-order valence-electron chi connectivity index (χ2n) is 10.6. The molecule has 2 saturated heterocycles. The highest BCUT2D eigenvalue weighted by atomic mass is 35.5. The Morgan fingerprint density at radius 2 is 1.82 bits per heavy atom. The Labute approximate surface area is 240 Å². The maximum atomic E-state index is 13.9. The molecule has 5 rings (SSSR count). The Hall–Kier alpha value is -2.68. The molecule has 7 nitrogen and oxygen atoms in total. The number of hydrogen-bond acceptors (Lipinski definition) is 7. The van der Waals surface area contributed by atoms with Gasteiger partial charge in [-0.05, 0) is 83.0 Å². The van der Waals surface area contributed by atoms with Crippen molar-refractivity contribution < 1.29 is 4.39 Å². The number of pyridine rings is 1. The lowest BCUT2D eigenvalue weighted by atomic mass is 10.0. The SMILES string of the molecule is CNCCc1cnc(N2CCN(c3cc(-c4ccc(F)c(Cl)c4)nc(N4CCCCC4C)n3)C(C)C2)c(Cl)c1. The molecule has 208 valence electrons. The summed E-state index contributed by atoms with van der Waals surface area (Å²) in [6.45, 7) is 8.52. The quantitative estimate of drug-likeness (QED) is 0.382. The molecule has 2 aliphatic heterocycles. The van der Waals surface area contributed by atoms with Crippen molar-refractivity contribution in [3.8, 4) is 11.3 Å². The minimum Gasteiger partial charge on any atom is -0.352 e. The third-order valence-electron chi connectivity index (χ3n) is 7.74. The van der Waals surface area contributed by atoms with Crippen LogP contribution in [0.25, 0.3) is 11.3 Å². The first-order valence-corrected chi connectivity index (χ1v) is 14.5. The van der Waals surface area contributed by atoms with E-state index >= 15 is 0 Å². The molecule has 4 heterocycles. The summed E-state index contributed by atoms with van der Waals surface area (Å²) in [5.41, 5.74) is 2.64. The van der Waals surface area contributed by atoms with Crippen molar-refractivity contribution in [2.24, 2.45) is 0 Å². The van der Waals surface area contributed by atoms with Gasteiger partial charge < -0.3 is 20.0 Å². The number of anilines is 3. The number of piperazine rings is 1. The van der Waals surface area contributed by atoms with Crippen molar-refractivity contribution in [1.82, 2.24) is 20.3 Å². The zero-order valence-corrected chi connectivity index (χ0v) is 24.3. The number of piperidine rings is 1. The lowest BCUT2D eigenvalue weighted by molar-refractivity contribution is 0.476. The van der Waals surface area contributed by atoms with Crippen LogP contribution in [0.3, 0.4) is 0 Å². The van der Waals surface area contributed by atoms with E-state index in [4.69, 9.17) is 38.2 Å². The molecule has 0 saturated carbocycles.